The third kappa shape index (κ3) is 2.29. The van der Waals surface area contributed by atoms with E-state index in [9.17, 15) is 4.79 Å². The average molecular weight is 223 g/mol. The molecule has 0 spiro atoms. The minimum atomic E-state index is -0.169. The van der Waals surface area contributed by atoms with Crippen molar-refractivity contribution in [3.63, 3.8) is 0 Å². The SMILES string of the molecule is CC.CCCc1nc2onc(C)c2c(=O)[nH]1. The van der Waals surface area contributed by atoms with Gasteiger partial charge in [0.25, 0.3) is 11.3 Å². The number of hydrogen-bond donors (Lipinski definition) is 1. The Morgan fingerprint density at radius 1 is 1.38 bits per heavy atom. The van der Waals surface area contributed by atoms with Crippen molar-refractivity contribution in [2.45, 2.75) is 40.5 Å². The molecule has 2 aromatic heterocycles. The molecule has 0 radical (unpaired) electrons. The van der Waals surface area contributed by atoms with Crippen molar-refractivity contribution in [1.82, 2.24) is 15.1 Å². The summed E-state index contributed by atoms with van der Waals surface area (Å²) >= 11 is 0. The van der Waals surface area contributed by atoms with Crippen LogP contribution in [-0.2, 0) is 6.42 Å². The number of aromatic amines is 1. The van der Waals surface area contributed by atoms with Crippen molar-refractivity contribution in [3.05, 3.63) is 21.9 Å². The van der Waals surface area contributed by atoms with Gasteiger partial charge in [-0.05, 0) is 13.3 Å². The van der Waals surface area contributed by atoms with Crippen LogP contribution in [0.4, 0.5) is 0 Å². The first-order valence-electron chi connectivity index (χ1n) is 5.57. The van der Waals surface area contributed by atoms with Crippen LogP contribution in [0.2, 0.25) is 0 Å². The molecule has 0 unspecified atom stereocenters. The minimum Gasteiger partial charge on any atom is -0.335 e. The third-order valence-corrected chi connectivity index (χ3v) is 2.05. The molecule has 0 aromatic carbocycles. The van der Waals surface area contributed by atoms with Crippen LogP contribution in [0.25, 0.3) is 11.1 Å². The van der Waals surface area contributed by atoms with Gasteiger partial charge in [-0.2, -0.15) is 4.98 Å². The Balaban J connectivity index is 0.000000606. The average Bonchev–Trinajstić information content (AvgIpc) is 2.64. The van der Waals surface area contributed by atoms with Gasteiger partial charge in [0, 0.05) is 6.42 Å². The van der Waals surface area contributed by atoms with E-state index in [1.54, 1.807) is 6.92 Å². The molecule has 5 heteroatoms. The van der Waals surface area contributed by atoms with Gasteiger partial charge in [-0.15, -0.1) is 0 Å². The molecule has 2 aromatic rings. The molecule has 0 fully saturated rings. The number of rotatable bonds is 2. The Morgan fingerprint density at radius 2 is 2.06 bits per heavy atom. The molecule has 1 N–H and O–H groups in total. The normalized spacial score (nSPS) is 10.0. The van der Waals surface area contributed by atoms with Gasteiger partial charge in [0.1, 0.15) is 11.2 Å². The predicted molar refractivity (Wildman–Crippen MR) is 62.5 cm³/mol. The van der Waals surface area contributed by atoms with Gasteiger partial charge in [0.05, 0.1) is 5.69 Å². The second-order valence-corrected chi connectivity index (χ2v) is 3.21. The summed E-state index contributed by atoms with van der Waals surface area (Å²) in [5.74, 6) is 0.654. The maximum atomic E-state index is 11.6. The van der Waals surface area contributed by atoms with Crippen molar-refractivity contribution in [2.24, 2.45) is 0 Å². The molecule has 2 rings (SSSR count). The summed E-state index contributed by atoms with van der Waals surface area (Å²) in [4.78, 5) is 18.4. The van der Waals surface area contributed by atoms with Gasteiger partial charge in [0.2, 0.25) is 0 Å². The highest BCUT2D eigenvalue weighted by Gasteiger charge is 2.10. The van der Waals surface area contributed by atoms with E-state index in [4.69, 9.17) is 4.52 Å². The highest BCUT2D eigenvalue weighted by atomic mass is 16.5. The lowest BCUT2D eigenvalue weighted by Crippen LogP contribution is -2.11. The van der Waals surface area contributed by atoms with E-state index in [0.717, 1.165) is 12.8 Å². The number of aryl methyl sites for hydroxylation is 2. The third-order valence-electron chi connectivity index (χ3n) is 2.05. The van der Waals surface area contributed by atoms with Gasteiger partial charge >= 0.3 is 0 Å². The number of nitrogens with zero attached hydrogens (tertiary/aromatic N) is 2. The van der Waals surface area contributed by atoms with E-state index < -0.39 is 0 Å². The summed E-state index contributed by atoms with van der Waals surface area (Å²) in [7, 11) is 0. The predicted octanol–water partition coefficient (Wildman–Crippen LogP) is 2.20. The first kappa shape index (κ1) is 12.4. The molecule has 0 amide bonds. The van der Waals surface area contributed by atoms with Gasteiger partial charge in [-0.25, -0.2) is 0 Å². The fourth-order valence-corrected chi connectivity index (χ4v) is 1.39. The number of aromatic nitrogens is 3. The zero-order valence-corrected chi connectivity index (χ0v) is 10.1. The first-order chi connectivity index (χ1) is 7.72. The van der Waals surface area contributed by atoms with Crippen LogP contribution in [0.5, 0.6) is 0 Å². The fraction of sp³-hybridized carbons (Fsp3) is 0.545. The lowest BCUT2D eigenvalue weighted by molar-refractivity contribution is 0.441. The molecule has 0 aliphatic heterocycles. The zero-order valence-electron chi connectivity index (χ0n) is 10.1. The van der Waals surface area contributed by atoms with E-state index in [1.807, 2.05) is 20.8 Å². The van der Waals surface area contributed by atoms with E-state index in [-0.39, 0.29) is 5.56 Å². The van der Waals surface area contributed by atoms with Crippen molar-refractivity contribution in [1.29, 1.82) is 0 Å². The summed E-state index contributed by atoms with van der Waals surface area (Å²) in [5.41, 5.74) is 0.740. The minimum absolute atomic E-state index is 0.169. The number of fused-ring (bicyclic) bond motifs is 1. The summed E-state index contributed by atoms with van der Waals surface area (Å²) in [6.45, 7) is 7.75. The lowest BCUT2D eigenvalue weighted by Gasteiger charge is -1.95. The van der Waals surface area contributed by atoms with Gasteiger partial charge in [-0.3, -0.25) is 4.79 Å². The standard InChI is InChI=1S/C9H11N3O2.C2H6/c1-3-4-6-10-8(13)7-5(2)12-14-9(7)11-6;1-2/h3-4H2,1-2H3,(H,10,11,13);1-2H3. The number of nitrogens with one attached hydrogen (secondary N) is 1. The van der Waals surface area contributed by atoms with Crippen LogP contribution in [0.3, 0.4) is 0 Å². The Morgan fingerprint density at radius 3 is 2.69 bits per heavy atom. The molecule has 0 saturated heterocycles. The zero-order chi connectivity index (χ0) is 12.1. The van der Waals surface area contributed by atoms with Crippen LogP contribution >= 0.6 is 0 Å². The van der Waals surface area contributed by atoms with Crippen LogP contribution < -0.4 is 5.56 Å². The maximum absolute atomic E-state index is 11.6. The van der Waals surface area contributed by atoms with Crippen LogP contribution in [0.15, 0.2) is 9.32 Å². The molecule has 16 heavy (non-hydrogen) atoms. The van der Waals surface area contributed by atoms with Crippen molar-refractivity contribution in [3.8, 4) is 0 Å². The van der Waals surface area contributed by atoms with Gasteiger partial charge in [-0.1, -0.05) is 25.9 Å². The first-order valence-corrected chi connectivity index (χ1v) is 5.57. The van der Waals surface area contributed by atoms with Crippen LogP contribution in [0, 0.1) is 6.92 Å². The summed E-state index contributed by atoms with van der Waals surface area (Å²) in [6, 6.07) is 0. The molecule has 2 heterocycles. The van der Waals surface area contributed by atoms with Crippen molar-refractivity contribution < 1.29 is 4.52 Å². The Hall–Kier alpha value is -1.65. The van der Waals surface area contributed by atoms with Crippen LogP contribution in [0.1, 0.15) is 38.7 Å². The van der Waals surface area contributed by atoms with Gasteiger partial charge < -0.3 is 9.51 Å². The molecule has 0 saturated carbocycles. The van der Waals surface area contributed by atoms with E-state index in [2.05, 4.69) is 15.1 Å². The maximum Gasteiger partial charge on any atom is 0.265 e. The van der Waals surface area contributed by atoms with Gasteiger partial charge in [0.15, 0.2) is 0 Å². The molecule has 0 atom stereocenters. The van der Waals surface area contributed by atoms with Crippen molar-refractivity contribution >= 4 is 11.1 Å². The monoisotopic (exact) mass is 223 g/mol. The second-order valence-electron chi connectivity index (χ2n) is 3.21. The number of hydrogen-bond acceptors (Lipinski definition) is 4. The summed E-state index contributed by atoms with van der Waals surface area (Å²) < 4.78 is 4.94. The molecule has 5 nitrogen and oxygen atoms in total. The topological polar surface area (TPSA) is 71.8 Å². The summed E-state index contributed by atoms with van der Waals surface area (Å²) in [5, 5.41) is 4.15. The van der Waals surface area contributed by atoms with E-state index >= 15 is 0 Å². The molecule has 0 aliphatic rings. The number of H-pyrrole nitrogens is 1. The van der Waals surface area contributed by atoms with E-state index in [0.29, 0.717) is 22.6 Å². The Bertz CT molecular complexity index is 513. The Labute approximate surface area is 93.9 Å². The largest absolute Gasteiger partial charge is 0.335 e. The molecule has 0 bridgehead atoms. The van der Waals surface area contributed by atoms with Crippen LogP contribution in [-0.4, -0.2) is 15.1 Å². The van der Waals surface area contributed by atoms with E-state index in [1.165, 1.54) is 0 Å². The Kier molecular flexibility index (Phi) is 4.22. The smallest absolute Gasteiger partial charge is 0.265 e. The quantitative estimate of drug-likeness (QED) is 0.847. The molecule has 0 aliphatic carbocycles. The molecule has 88 valence electrons. The fourth-order valence-electron chi connectivity index (χ4n) is 1.39. The van der Waals surface area contributed by atoms with Crippen molar-refractivity contribution in [2.75, 3.05) is 0 Å². The second kappa shape index (κ2) is 5.44. The molecular weight excluding hydrogens is 206 g/mol. The lowest BCUT2D eigenvalue weighted by atomic mass is 10.3. The highest BCUT2D eigenvalue weighted by Crippen LogP contribution is 2.10. The molecular formula is C11H17N3O2. The highest BCUT2D eigenvalue weighted by molar-refractivity contribution is 5.73. The summed E-state index contributed by atoms with van der Waals surface area (Å²) in [6.07, 6.45) is 1.67.